The number of benzene rings is 2. The molecule has 0 fully saturated rings. The molecule has 0 radical (unpaired) electrons. The van der Waals surface area contributed by atoms with Crippen molar-refractivity contribution in [2.75, 3.05) is 5.32 Å². The van der Waals surface area contributed by atoms with Gasteiger partial charge in [-0.2, -0.15) is 5.10 Å². The molecule has 0 heterocycles. The number of rotatable bonds is 6. The Hall–Kier alpha value is -2.66. The van der Waals surface area contributed by atoms with Crippen LogP contribution in [0, 0.1) is 5.92 Å². The van der Waals surface area contributed by atoms with Crippen LogP contribution in [-0.2, 0) is 4.79 Å². The van der Waals surface area contributed by atoms with Crippen LogP contribution in [-0.4, -0.2) is 18.0 Å². The Kier molecular flexibility index (Phi) is 6.71. The summed E-state index contributed by atoms with van der Waals surface area (Å²) in [6.07, 6.45) is 1.98. The number of hydrogen-bond donors (Lipinski definition) is 2. The Morgan fingerprint density at radius 3 is 2.52 bits per heavy atom. The SMILES string of the molecule is CC(C)CC(=O)Nc1ccc(C(=O)NN=Cc2cccc(Cl)c2)cc1. The van der Waals surface area contributed by atoms with E-state index in [-0.39, 0.29) is 11.8 Å². The molecule has 0 spiro atoms. The molecule has 0 unspecified atom stereocenters. The smallest absolute Gasteiger partial charge is 0.271 e. The molecule has 0 atom stereocenters. The number of hydrazone groups is 1. The highest BCUT2D eigenvalue weighted by Gasteiger charge is 2.07. The third-order valence-electron chi connectivity index (χ3n) is 3.25. The van der Waals surface area contributed by atoms with Gasteiger partial charge in [0.15, 0.2) is 0 Å². The second-order valence-corrected chi connectivity index (χ2v) is 6.41. The van der Waals surface area contributed by atoms with Crippen molar-refractivity contribution < 1.29 is 9.59 Å². The number of carbonyl (C=O) groups excluding carboxylic acids is 2. The number of nitrogens with zero attached hydrogens (tertiary/aromatic N) is 1. The van der Waals surface area contributed by atoms with Crippen molar-refractivity contribution in [2.24, 2.45) is 11.0 Å². The summed E-state index contributed by atoms with van der Waals surface area (Å²) in [5.74, 6) is -0.0842. The van der Waals surface area contributed by atoms with Crippen LogP contribution in [0.1, 0.15) is 36.2 Å². The predicted octanol–water partition coefficient (Wildman–Crippen LogP) is 4.09. The van der Waals surface area contributed by atoms with Gasteiger partial charge >= 0.3 is 0 Å². The van der Waals surface area contributed by atoms with Crippen molar-refractivity contribution in [2.45, 2.75) is 20.3 Å². The predicted molar refractivity (Wildman–Crippen MR) is 101 cm³/mol. The van der Waals surface area contributed by atoms with E-state index in [1.54, 1.807) is 42.5 Å². The minimum absolute atomic E-state index is 0.0432. The van der Waals surface area contributed by atoms with Gasteiger partial charge in [0.2, 0.25) is 5.91 Å². The minimum atomic E-state index is -0.335. The molecule has 2 aromatic carbocycles. The third kappa shape index (κ3) is 6.39. The van der Waals surface area contributed by atoms with Gasteiger partial charge in [-0.25, -0.2) is 5.43 Å². The van der Waals surface area contributed by atoms with Crippen molar-refractivity contribution in [3.63, 3.8) is 0 Å². The van der Waals surface area contributed by atoms with E-state index in [1.165, 1.54) is 6.21 Å². The lowest BCUT2D eigenvalue weighted by Crippen LogP contribution is -2.18. The summed E-state index contributed by atoms with van der Waals surface area (Å²) in [5, 5.41) is 7.31. The number of hydrogen-bond acceptors (Lipinski definition) is 3. The monoisotopic (exact) mass is 357 g/mol. The molecule has 2 N–H and O–H groups in total. The average Bonchev–Trinajstić information content (AvgIpc) is 2.54. The quantitative estimate of drug-likeness (QED) is 0.603. The zero-order valence-electron chi connectivity index (χ0n) is 14.1. The number of halogens is 1. The van der Waals surface area contributed by atoms with Crippen LogP contribution < -0.4 is 10.7 Å². The van der Waals surface area contributed by atoms with Crippen LogP contribution in [0.4, 0.5) is 5.69 Å². The zero-order chi connectivity index (χ0) is 18.2. The van der Waals surface area contributed by atoms with E-state index in [9.17, 15) is 9.59 Å². The summed E-state index contributed by atoms with van der Waals surface area (Å²) in [4.78, 5) is 23.8. The van der Waals surface area contributed by atoms with Gasteiger partial charge in [0, 0.05) is 22.7 Å². The van der Waals surface area contributed by atoms with Gasteiger partial charge in [-0.3, -0.25) is 9.59 Å². The van der Waals surface area contributed by atoms with E-state index in [0.29, 0.717) is 28.6 Å². The Balaban J connectivity index is 1.90. The van der Waals surface area contributed by atoms with Crippen LogP contribution >= 0.6 is 11.6 Å². The van der Waals surface area contributed by atoms with Gasteiger partial charge < -0.3 is 5.32 Å². The topological polar surface area (TPSA) is 70.6 Å². The molecule has 0 saturated heterocycles. The van der Waals surface area contributed by atoms with Gasteiger partial charge in [-0.15, -0.1) is 0 Å². The van der Waals surface area contributed by atoms with Crippen molar-refractivity contribution in [3.05, 3.63) is 64.7 Å². The van der Waals surface area contributed by atoms with E-state index in [4.69, 9.17) is 11.6 Å². The second kappa shape index (κ2) is 8.99. The molecule has 0 aromatic heterocycles. The summed E-state index contributed by atoms with van der Waals surface area (Å²) < 4.78 is 0. The van der Waals surface area contributed by atoms with E-state index in [1.807, 2.05) is 19.9 Å². The Bertz CT molecular complexity index is 770. The van der Waals surface area contributed by atoms with Gasteiger partial charge in [0.05, 0.1) is 6.21 Å². The van der Waals surface area contributed by atoms with Crippen LogP contribution in [0.2, 0.25) is 5.02 Å². The molecule has 0 saturated carbocycles. The second-order valence-electron chi connectivity index (χ2n) is 5.98. The highest BCUT2D eigenvalue weighted by molar-refractivity contribution is 6.30. The van der Waals surface area contributed by atoms with E-state index < -0.39 is 0 Å². The van der Waals surface area contributed by atoms with Gasteiger partial charge in [-0.1, -0.05) is 37.6 Å². The van der Waals surface area contributed by atoms with E-state index in [0.717, 1.165) is 5.56 Å². The molecule has 5 nitrogen and oxygen atoms in total. The third-order valence-corrected chi connectivity index (χ3v) is 3.49. The summed E-state index contributed by atoms with van der Waals surface area (Å²) >= 11 is 5.88. The number of nitrogens with one attached hydrogen (secondary N) is 2. The molecule has 6 heteroatoms. The number of carbonyl (C=O) groups is 2. The fraction of sp³-hybridized carbons (Fsp3) is 0.211. The van der Waals surface area contributed by atoms with Crippen LogP contribution in [0.3, 0.4) is 0 Å². The van der Waals surface area contributed by atoms with E-state index in [2.05, 4.69) is 15.8 Å². The molecule has 25 heavy (non-hydrogen) atoms. The van der Waals surface area contributed by atoms with Gasteiger partial charge in [0.25, 0.3) is 5.91 Å². The zero-order valence-corrected chi connectivity index (χ0v) is 14.9. The van der Waals surface area contributed by atoms with Gasteiger partial charge in [0.1, 0.15) is 0 Å². The van der Waals surface area contributed by atoms with Gasteiger partial charge in [-0.05, 0) is 47.9 Å². The lowest BCUT2D eigenvalue weighted by atomic mass is 10.1. The number of anilines is 1. The maximum Gasteiger partial charge on any atom is 0.271 e. The highest BCUT2D eigenvalue weighted by Crippen LogP contribution is 2.11. The Morgan fingerprint density at radius 1 is 1.16 bits per heavy atom. The summed E-state index contributed by atoms with van der Waals surface area (Å²) in [5.41, 5.74) is 4.35. The maximum atomic E-state index is 12.0. The van der Waals surface area contributed by atoms with Crippen LogP contribution in [0.25, 0.3) is 0 Å². The maximum absolute atomic E-state index is 12.0. The number of amides is 2. The average molecular weight is 358 g/mol. The first-order valence-electron chi connectivity index (χ1n) is 7.93. The summed E-state index contributed by atoms with van der Waals surface area (Å²) in [6, 6.07) is 13.8. The molecule has 0 aliphatic rings. The Labute approximate surface area is 152 Å². The van der Waals surface area contributed by atoms with E-state index >= 15 is 0 Å². The van der Waals surface area contributed by atoms with Crippen molar-refractivity contribution >= 4 is 35.3 Å². The van der Waals surface area contributed by atoms with Crippen molar-refractivity contribution in [1.29, 1.82) is 0 Å². The fourth-order valence-corrected chi connectivity index (χ4v) is 2.30. The molecule has 0 aliphatic heterocycles. The first kappa shape index (κ1) is 18.7. The molecule has 0 bridgehead atoms. The summed E-state index contributed by atoms with van der Waals surface area (Å²) in [7, 11) is 0. The fourth-order valence-electron chi connectivity index (χ4n) is 2.10. The highest BCUT2D eigenvalue weighted by atomic mass is 35.5. The van der Waals surface area contributed by atoms with Crippen molar-refractivity contribution in [1.82, 2.24) is 5.43 Å². The molecule has 0 aliphatic carbocycles. The van der Waals surface area contributed by atoms with Crippen LogP contribution in [0.5, 0.6) is 0 Å². The minimum Gasteiger partial charge on any atom is -0.326 e. The molecular formula is C19H20ClN3O2. The molecule has 2 amide bonds. The lowest BCUT2D eigenvalue weighted by molar-refractivity contribution is -0.116. The molecule has 2 aromatic rings. The first-order valence-corrected chi connectivity index (χ1v) is 8.30. The Morgan fingerprint density at radius 2 is 1.88 bits per heavy atom. The molecular weight excluding hydrogens is 338 g/mol. The standard InChI is InChI=1S/C19H20ClN3O2/c1-13(2)10-18(24)22-17-8-6-15(7-9-17)19(25)23-21-12-14-4-3-5-16(20)11-14/h3-9,11-13H,10H2,1-2H3,(H,22,24)(H,23,25). The van der Waals surface area contributed by atoms with Crippen molar-refractivity contribution in [3.8, 4) is 0 Å². The first-order chi connectivity index (χ1) is 11.9. The lowest BCUT2D eigenvalue weighted by Gasteiger charge is -2.07. The normalized spacial score (nSPS) is 10.9. The van der Waals surface area contributed by atoms with Crippen LogP contribution in [0.15, 0.2) is 53.6 Å². The molecule has 130 valence electrons. The molecule has 2 rings (SSSR count). The summed E-state index contributed by atoms with van der Waals surface area (Å²) in [6.45, 7) is 3.97. The largest absolute Gasteiger partial charge is 0.326 e.